The zero-order chi connectivity index (χ0) is 13.2. The van der Waals surface area contributed by atoms with Gasteiger partial charge in [0.25, 0.3) is 0 Å². The topological polar surface area (TPSA) is 77.4 Å². The molecule has 2 N–H and O–H groups in total. The molecule has 6 heteroatoms. The third kappa shape index (κ3) is 6.08. The molecule has 1 aliphatic rings. The monoisotopic (exact) mass is 264 g/mol. The molecular formula is C12H24O6. The van der Waals surface area contributed by atoms with Gasteiger partial charge in [-0.25, -0.2) is 0 Å². The molecule has 1 aliphatic heterocycles. The number of hydrogen-bond donors (Lipinski definition) is 2. The second kappa shape index (κ2) is 9.66. The molecule has 0 saturated carbocycles. The highest BCUT2D eigenvalue weighted by Crippen LogP contribution is 2.15. The van der Waals surface area contributed by atoms with Crippen LogP contribution in [0, 0.1) is 0 Å². The molecule has 0 aliphatic carbocycles. The summed E-state index contributed by atoms with van der Waals surface area (Å²) >= 11 is 0. The fourth-order valence-electron chi connectivity index (χ4n) is 1.59. The van der Waals surface area contributed by atoms with Crippen molar-refractivity contribution in [3.8, 4) is 0 Å². The molecule has 1 saturated heterocycles. The SMILES string of the molecule is CCCOCCOCCO[C@@H]1OCC[C@@H](O)[C@H]1O. The summed E-state index contributed by atoms with van der Waals surface area (Å²) in [7, 11) is 0. The molecule has 3 atom stereocenters. The van der Waals surface area contributed by atoms with Gasteiger partial charge in [0.05, 0.1) is 39.1 Å². The van der Waals surface area contributed by atoms with Crippen LogP contribution in [0.2, 0.25) is 0 Å². The minimum Gasteiger partial charge on any atom is -0.390 e. The molecule has 0 aromatic heterocycles. The number of aliphatic hydroxyl groups excluding tert-OH is 2. The van der Waals surface area contributed by atoms with Crippen LogP contribution in [0.25, 0.3) is 0 Å². The summed E-state index contributed by atoms with van der Waals surface area (Å²) in [6.07, 6.45) is -1.07. The average Bonchev–Trinajstić information content (AvgIpc) is 2.37. The number of aliphatic hydroxyl groups is 2. The summed E-state index contributed by atoms with van der Waals surface area (Å²) in [6.45, 7) is 5.04. The van der Waals surface area contributed by atoms with E-state index in [4.69, 9.17) is 18.9 Å². The fourth-order valence-corrected chi connectivity index (χ4v) is 1.59. The van der Waals surface area contributed by atoms with Crippen LogP contribution in [0.1, 0.15) is 19.8 Å². The predicted octanol–water partition coefficient (Wildman–Crippen LogP) is -0.0856. The summed E-state index contributed by atoms with van der Waals surface area (Å²) in [5, 5.41) is 19.0. The van der Waals surface area contributed by atoms with Gasteiger partial charge in [-0.15, -0.1) is 0 Å². The van der Waals surface area contributed by atoms with Gasteiger partial charge in [-0.05, 0) is 12.8 Å². The molecule has 6 nitrogen and oxygen atoms in total. The van der Waals surface area contributed by atoms with Crippen molar-refractivity contribution in [2.75, 3.05) is 39.6 Å². The lowest BCUT2D eigenvalue weighted by Crippen LogP contribution is -2.46. The van der Waals surface area contributed by atoms with Crippen molar-refractivity contribution in [1.82, 2.24) is 0 Å². The summed E-state index contributed by atoms with van der Waals surface area (Å²) in [5.74, 6) is 0. The number of ether oxygens (including phenoxy) is 4. The Morgan fingerprint density at radius 3 is 2.44 bits per heavy atom. The van der Waals surface area contributed by atoms with Crippen molar-refractivity contribution >= 4 is 0 Å². The van der Waals surface area contributed by atoms with Crippen molar-refractivity contribution in [3.05, 3.63) is 0 Å². The van der Waals surface area contributed by atoms with Crippen LogP contribution in [0.3, 0.4) is 0 Å². The number of hydrogen-bond acceptors (Lipinski definition) is 6. The van der Waals surface area contributed by atoms with Gasteiger partial charge in [-0.2, -0.15) is 0 Å². The van der Waals surface area contributed by atoms with Gasteiger partial charge >= 0.3 is 0 Å². The summed E-state index contributed by atoms with van der Waals surface area (Å²) < 4.78 is 21.0. The Morgan fingerprint density at radius 2 is 1.72 bits per heavy atom. The van der Waals surface area contributed by atoms with Crippen LogP contribution in [-0.2, 0) is 18.9 Å². The van der Waals surface area contributed by atoms with Crippen LogP contribution in [0.5, 0.6) is 0 Å². The highest BCUT2D eigenvalue weighted by molar-refractivity contribution is 4.75. The Bertz CT molecular complexity index is 201. The summed E-state index contributed by atoms with van der Waals surface area (Å²) in [5.41, 5.74) is 0. The van der Waals surface area contributed by atoms with Crippen LogP contribution in [0.4, 0.5) is 0 Å². The zero-order valence-electron chi connectivity index (χ0n) is 10.9. The third-order valence-electron chi connectivity index (χ3n) is 2.60. The lowest BCUT2D eigenvalue weighted by atomic mass is 10.1. The molecule has 0 unspecified atom stereocenters. The maximum Gasteiger partial charge on any atom is 0.186 e. The van der Waals surface area contributed by atoms with Gasteiger partial charge in [0.15, 0.2) is 6.29 Å². The summed E-state index contributed by atoms with van der Waals surface area (Å²) in [6, 6.07) is 0. The normalized spacial score (nSPS) is 28.5. The molecule has 108 valence electrons. The van der Waals surface area contributed by atoms with Crippen LogP contribution in [-0.4, -0.2) is 68.4 Å². The molecule has 1 fully saturated rings. The molecule has 0 spiro atoms. The maximum atomic E-state index is 9.58. The second-order valence-corrected chi connectivity index (χ2v) is 4.18. The predicted molar refractivity (Wildman–Crippen MR) is 64.3 cm³/mol. The first-order valence-electron chi connectivity index (χ1n) is 6.50. The van der Waals surface area contributed by atoms with Gasteiger partial charge in [-0.3, -0.25) is 0 Å². The van der Waals surface area contributed by atoms with Gasteiger partial charge in [0, 0.05) is 6.61 Å². The fraction of sp³-hybridized carbons (Fsp3) is 1.00. The summed E-state index contributed by atoms with van der Waals surface area (Å²) in [4.78, 5) is 0. The minimum atomic E-state index is -0.980. The van der Waals surface area contributed by atoms with E-state index in [9.17, 15) is 10.2 Å². The second-order valence-electron chi connectivity index (χ2n) is 4.18. The lowest BCUT2D eigenvalue weighted by molar-refractivity contribution is -0.245. The molecule has 1 heterocycles. The maximum absolute atomic E-state index is 9.58. The van der Waals surface area contributed by atoms with Crippen molar-refractivity contribution < 1.29 is 29.2 Å². The highest BCUT2D eigenvalue weighted by atomic mass is 16.7. The van der Waals surface area contributed by atoms with Crippen LogP contribution >= 0.6 is 0 Å². The van der Waals surface area contributed by atoms with Gasteiger partial charge in [0.1, 0.15) is 6.10 Å². The Morgan fingerprint density at radius 1 is 1.06 bits per heavy atom. The lowest BCUT2D eigenvalue weighted by Gasteiger charge is -2.31. The molecule has 1 rings (SSSR count). The third-order valence-corrected chi connectivity index (χ3v) is 2.60. The van der Waals surface area contributed by atoms with E-state index in [1.54, 1.807) is 0 Å². The van der Waals surface area contributed by atoms with E-state index < -0.39 is 18.5 Å². The minimum absolute atomic E-state index is 0.322. The smallest absolute Gasteiger partial charge is 0.186 e. The Labute approximate surface area is 108 Å². The first-order chi connectivity index (χ1) is 8.75. The molecule has 0 amide bonds. The Kier molecular flexibility index (Phi) is 8.49. The van der Waals surface area contributed by atoms with Crippen molar-refractivity contribution in [1.29, 1.82) is 0 Å². The van der Waals surface area contributed by atoms with Crippen molar-refractivity contribution in [3.63, 3.8) is 0 Å². The first-order valence-corrected chi connectivity index (χ1v) is 6.50. The van der Waals surface area contributed by atoms with E-state index in [1.165, 1.54) is 0 Å². The van der Waals surface area contributed by atoms with Gasteiger partial charge in [0.2, 0.25) is 0 Å². The molecular weight excluding hydrogens is 240 g/mol. The average molecular weight is 264 g/mol. The van der Waals surface area contributed by atoms with E-state index in [-0.39, 0.29) is 0 Å². The molecule has 0 radical (unpaired) electrons. The van der Waals surface area contributed by atoms with Gasteiger partial charge < -0.3 is 29.2 Å². The zero-order valence-corrected chi connectivity index (χ0v) is 10.9. The van der Waals surface area contributed by atoms with Crippen molar-refractivity contribution in [2.24, 2.45) is 0 Å². The molecule has 18 heavy (non-hydrogen) atoms. The molecule has 0 aromatic carbocycles. The van der Waals surface area contributed by atoms with E-state index in [0.717, 1.165) is 13.0 Å². The van der Waals surface area contributed by atoms with Crippen molar-refractivity contribution in [2.45, 2.75) is 38.3 Å². The number of rotatable bonds is 9. The van der Waals surface area contributed by atoms with E-state index in [1.807, 2.05) is 0 Å². The Hall–Kier alpha value is -0.240. The molecule has 0 aromatic rings. The largest absolute Gasteiger partial charge is 0.390 e. The highest BCUT2D eigenvalue weighted by Gasteiger charge is 2.31. The standard InChI is InChI=1S/C12H24O6/c1-2-4-15-6-7-16-8-9-18-12-11(14)10(13)3-5-17-12/h10-14H,2-9H2,1H3/t10-,11-,12+/m1/s1. The van der Waals surface area contributed by atoms with Gasteiger partial charge in [-0.1, -0.05) is 6.92 Å². The van der Waals surface area contributed by atoms with E-state index in [2.05, 4.69) is 6.92 Å². The Balaban J connectivity index is 1.94. The van der Waals surface area contributed by atoms with Crippen LogP contribution in [0.15, 0.2) is 0 Å². The van der Waals surface area contributed by atoms with E-state index >= 15 is 0 Å². The van der Waals surface area contributed by atoms with E-state index in [0.29, 0.717) is 39.5 Å². The van der Waals surface area contributed by atoms with Crippen LogP contribution < -0.4 is 0 Å². The quantitative estimate of drug-likeness (QED) is 0.567. The first kappa shape index (κ1) is 15.8. The molecule has 0 bridgehead atoms.